The summed E-state index contributed by atoms with van der Waals surface area (Å²) in [4.78, 5) is 10.2. The molecule has 8 heteroatoms. The Morgan fingerprint density at radius 3 is 2.37 bits per heavy atom. The smallest absolute Gasteiger partial charge is 0.274 e. The van der Waals surface area contributed by atoms with Crippen molar-refractivity contribution in [1.82, 2.24) is 4.72 Å². The lowest BCUT2D eigenvalue weighted by atomic mass is 9.95. The normalized spacial score (nSPS) is 14.9. The van der Waals surface area contributed by atoms with Crippen LogP contribution in [-0.2, 0) is 10.0 Å². The SMILES string of the molecule is CNS(=O)(=O)c1ccc(C(C)C(C)O)c([N+](=O)[O-])c1. The highest BCUT2D eigenvalue weighted by molar-refractivity contribution is 7.89. The monoisotopic (exact) mass is 288 g/mol. The van der Waals surface area contributed by atoms with Gasteiger partial charge in [-0.25, -0.2) is 13.1 Å². The van der Waals surface area contributed by atoms with Crippen LogP contribution in [0.1, 0.15) is 25.3 Å². The van der Waals surface area contributed by atoms with E-state index in [-0.39, 0.29) is 10.6 Å². The van der Waals surface area contributed by atoms with Crippen LogP contribution in [0.15, 0.2) is 23.1 Å². The molecule has 1 rings (SSSR count). The summed E-state index contributed by atoms with van der Waals surface area (Å²) in [5, 5.41) is 20.5. The van der Waals surface area contributed by atoms with E-state index >= 15 is 0 Å². The zero-order valence-electron chi connectivity index (χ0n) is 10.8. The van der Waals surface area contributed by atoms with Crippen LogP contribution in [0.5, 0.6) is 0 Å². The van der Waals surface area contributed by atoms with E-state index in [1.807, 2.05) is 0 Å². The van der Waals surface area contributed by atoms with Gasteiger partial charge in [-0.05, 0) is 20.0 Å². The van der Waals surface area contributed by atoms with E-state index in [1.54, 1.807) is 6.92 Å². The minimum Gasteiger partial charge on any atom is -0.393 e. The van der Waals surface area contributed by atoms with Gasteiger partial charge in [-0.1, -0.05) is 13.0 Å². The minimum atomic E-state index is -3.73. The van der Waals surface area contributed by atoms with Gasteiger partial charge in [0.2, 0.25) is 10.0 Å². The molecule has 7 nitrogen and oxygen atoms in total. The summed E-state index contributed by atoms with van der Waals surface area (Å²) < 4.78 is 25.3. The lowest BCUT2D eigenvalue weighted by molar-refractivity contribution is -0.386. The zero-order chi connectivity index (χ0) is 14.8. The van der Waals surface area contributed by atoms with Gasteiger partial charge in [0.1, 0.15) is 0 Å². The number of aliphatic hydroxyl groups is 1. The van der Waals surface area contributed by atoms with Gasteiger partial charge in [-0.2, -0.15) is 0 Å². The fourth-order valence-electron chi connectivity index (χ4n) is 1.61. The molecule has 0 saturated heterocycles. The third kappa shape index (κ3) is 3.28. The topological polar surface area (TPSA) is 110 Å². The number of hydrogen-bond acceptors (Lipinski definition) is 5. The van der Waals surface area contributed by atoms with Crippen molar-refractivity contribution in [1.29, 1.82) is 0 Å². The highest BCUT2D eigenvalue weighted by Crippen LogP contribution is 2.30. The van der Waals surface area contributed by atoms with E-state index in [0.29, 0.717) is 5.56 Å². The number of hydrogen-bond donors (Lipinski definition) is 2. The molecule has 1 aromatic carbocycles. The number of aliphatic hydroxyl groups excluding tert-OH is 1. The molecular formula is C11H16N2O5S. The average Bonchev–Trinajstić information content (AvgIpc) is 2.36. The Bertz CT molecular complexity index is 583. The van der Waals surface area contributed by atoms with E-state index in [4.69, 9.17) is 0 Å². The molecule has 0 amide bonds. The van der Waals surface area contributed by atoms with Gasteiger partial charge in [-0.3, -0.25) is 10.1 Å². The molecule has 106 valence electrons. The zero-order valence-corrected chi connectivity index (χ0v) is 11.6. The van der Waals surface area contributed by atoms with Crippen molar-refractivity contribution in [3.63, 3.8) is 0 Å². The third-order valence-electron chi connectivity index (χ3n) is 2.99. The molecule has 1 aromatic rings. The van der Waals surface area contributed by atoms with Gasteiger partial charge < -0.3 is 5.11 Å². The Kier molecular flexibility index (Phi) is 4.61. The molecular weight excluding hydrogens is 272 g/mol. The summed E-state index contributed by atoms with van der Waals surface area (Å²) in [5.74, 6) is -0.466. The van der Waals surface area contributed by atoms with Gasteiger partial charge >= 0.3 is 0 Å². The summed E-state index contributed by atoms with van der Waals surface area (Å²) in [6.07, 6.45) is -0.773. The van der Waals surface area contributed by atoms with Crippen LogP contribution in [0, 0.1) is 10.1 Å². The van der Waals surface area contributed by atoms with E-state index in [2.05, 4.69) is 4.72 Å². The van der Waals surface area contributed by atoms with E-state index in [9.17, 15) is 23.6 Å². The van der Waals surface area contributed by atoms with E-state index < -0.39 is 27.0 Å². The summed E-state index contributed by atoms with van der Waals surface area (Å²) in [7, 11) is -2.50. The Hall–Kier alpha value is -1.51. The molecule has 0 heterocycles. The lowest BCUT2D eigenvalue weighted by Gasteiger charge is -2.15. The first-order chi connectivity index (χ1) is 8.70. The van der Waals surface area contributed by atoms with Gasteiger partial charge in [0.15, 0.2) is 0 Å². The Balaban J connectivity index is 3.43. The second-order valence-electron chi connectivity index (χ2n) is 4.21. The first-order valence-corrected chi connectivity index (χ1v) is 7.09. The van der Waals surface area contributed by atoms with Crippen molar-refractivity contribution in [2.75, 3.05) is 7.05 Å². The summed E-state index contributed by atoms with van der Waals surface area (Å²) in [6.45, 7) is 3.16. The molecule has 0 radical (unpaired) electrons. The van der Waals surface area contributed by atoms with Gasteiger partial charge in [0.05, 0.1) is 15.9 Å². The molecule has 2 unspecified atom stereocenters. The lowest BCUT2D eigenvalue weighted by Crippen LogP contribution is -2.19. The van der Waals surface area contributed by atoms with Crippen LogP contribution < -0.4 is 4.72 Å². The molecule has 0 aromatic heterocycles. The number of nitrogens with zero attached hydrogens (tertiary/aromatic N) is 1. The maximum atomic E-state index is 11.6. The number of nitro benzene ring substituents is 1. The van der Waals surface area contributed by atoms with Crippen molar-refractivity contribution in [3.05, 3.63) is 33.9 Å². The number of sulfonamides is 1. The predicted molar refractivity (Wildman–Crippen MR) is 69.4 cm³/mol. The second kappa shape index (κ2) is 5.64. The molecule has 19 heavy (non-hydrogen) atoms. The molecule has 2 atom stereocenters. The predicted octanol–water partition coefficient (Wildman–Crippen LogP) is 0.987. The third-order valence-corrected chi connectivity index (χ3v) is 4.40. The highest BCUT2D eigenvalue weighted by Gasteiger charge is 2.25. The molecule has 0 spiro atoms. The van der Waals surface area contributed by atoms with Crippen molar-refractivity contribution < 1.29 is 18.4 Å². The molecule has 0 saturated carbocycles. The van der Waals surface area contributed by atoms with Crippen LogP contribution >= 0.6 is 0 Å². The first-order valence-electron chi connectivity index (χ1n) is 5.60. The molecule has 0 bridgehead atoms. The highest BCUT2D eigenvalue weighted by atomic mass is 32.2. The molecule has 2 N–H and O–H groups in total. The number of benzene rings is 1. The van der Waals surface area contributed by atoms with E-state index in [1.165, 1.54) is 26.1 Å². The first kappa shape index (κ1) is 15.5. The second-order valence-corrected chi connectivity index (χ2v) is 6.10. The Morgan fingerprint density at radius 1 is 1.37 bits per heavy atom. The van der Waals surface area contributed by atoms with Crippen LogP contribution in [0.3, 0.4) is 0 Å². The van der Waals surface area contributed by atoms with Crippen LogP contribution in [0.25, 0.3) is 0 Å². The average molecular weight is 288 g/mol. The summed E-state index contributed by atoms with van der Waals surface area (Å²) in [5.41, 5.74) is -0.0141. The Labute approximate surface area is 111 Å². The van der Waals surface area contributed by atoms with Crippen molar-refractivity contribution in [3.8, 4) is 0 Å². The molecule has 0 aliphatic rings. The molecule has 0 aliphatic carbocycles. The fourth-order valence-corrected chi connectivity index (χ4v) is 2.36. The number of rotatable bonds is 5. The maximum absolute atomic E-state index is 11.6. The van der Waals surface area contributed by atoms with Crippen LogP contribution in [-0.4, -0.2) is 31.6 Å². The maximum Gasteiger partial charge on any atom is 0.274 e. The quantitative estimate of drug-likeness (QED) is 0.620. The summed E-state index contributed by atoms with van der Waals surface area (Å²) in [6, 6.07) is 3.65. The van der Waals surface area contributed by atoms with Crippen molar-refractivity contribution >= 4 is 15.7 Å². The van der Waals surface area contributed by atoms with Crippen LogP contribution in [0.4, 0.5) is 5.69 Å². The van der Waals surface area contributed by atoms with Crippen LogP contribution in [0.2, 0.25) is 0 Å². The van der Waals surface area contributed by atoms with Gasteiger partial charge in [-0.15, -0.1) is 0 Å². The van der Waals surface area contributed by atoms with Crippen molar-refractivity contribution in [2.45, 2.75) is 30.8 Å². The van der Waals surface area contributed by atoms with Gasteiger partial charge in [0.25, 0.3) is 5.69 Å². The standard InChI is InChI=1S/C11H16N2O5S/c1-7(8(2)14)10-5-4-9(19(17,18)12-3)6-11(10)13(15)16/h4-8,12,14H,1-3H3. The molecule has 0 aliphatic heterocycles. The van der Waals surface area contributed by atoms with Crippen molar-refractivity contribution in [2.24, 2.45) is 0 Å². The number of nitrogens with one attached hydrogen (secondary N) is 1. The largest absolute Gasteiger partial charge is 0.393 e. The van der Waals surface area contributed by atoms with E-state index in [0.717, 1.165) is 6.07 Å². The number of nitro groups is 1. The Morgan fingerprint density at radius 2 is 1.95 bits per heavy atom. The minimum absolute atomic E-state index is 0.178. The molecule has 0 fully saturated rings. The summed E-state index contributed by atoms with van der Waals surface area (Å²) >= 11 is 0. The fraction of sp³-hybridized carbons (Fsp3) is 0.455. The van der Waals surface area contributed by atoms with Gasteiger partial charge in [0, 0.05) is 17.5 Å².